The van der Waals surface area contributed by atoms with Crippen LogP contribution >= 0.6 is 0 Å². The van der Waals surface area contributed by atoms with Gasteiger partial charge in [0.05, 0.1) is 13.7 Å². The van der Waals surface area contributed by atoms with E-state index in [0.717, 1.165) is 17.0 Å². The van der Waals surface area contributed by atoms with E-state index in [-0.39, 0.29) is 5.91 Å². The smallest absolute Gasteiger partial charge is 0.227 e. The van der Waals surface area contributed by atoms with Gasteiger partial charge in [0.2, 0.25) is 5.91 Å². The average molecular weight is 297 g/mol. The highest BCUT2D eigenvalue weighted by Crippen LogP contribution is 2.23. The molecule has 0 aliphatic carbocycles. The molecule has 0 aliphatic heterocycles. The first-order chi connectivity index (χ1) is 10.6. The Bertz CT molecular complexity index is 591. The molecule has 1 amide bonds. The molecular weight excluding hydrogens is 274 g/mol. The first-order valence-electron chi connectivity index (χ1n) is 7.58. The Morgan fingerprint density at radius 1 is 1.05 bits per heavy atom. The lowest BCUT2D eigenvalue weighted by Crippen LogP contribution is -2.31. The summed E-state index contributed by atoms with van der Waals surface area (Å²) in [5.41, 5.74) is 2.02. The number of hydrogen-bond donors (Lipinski definition) is 0. The van der Waals surface area contributed by atoms with E-state index in [4.69, 9.17) is 4.74 Å². The summed E-state index contributed by atoms with van der Waals surface area (Å²) in [5, 5.41) is 0. The lowest BCUT2D eigenvalue weighted by atomic mass is 10.1. The van der Waals surface area contributed by atoms with Gasteiger partial charge in [-0.25, -0.2) is 0 Å². The first kappa shape index (κ1) is 16.1. The number of methoxy groups -OCH3 is 1. The number of rotatable bonds is 6. The van der Waals surface area contributed by atoms with Crippen LogP contribution in [-0.4, -0.2) is 13.0 Å². The summed E-state index contributed by atoms with van der Waals surface area (Å²) in [7, 11) is 1.64. The highest BCUT2D eigenvalue weighted by Gasteiger charge is 2.17. The molecule has 2 aromatic carbocycles. The van der Waals surface area contributed by atoms with Crippen molar-refractivity contribution in [1.82, 2.24) is 0 Å². The third kappa shape index (κ3) is 4.35. The molecule has 0 bridgehead atoms. The second kappa shape index (κ2) is 7.64. The maximum Gasteiger partial charge on any atom is 0.227 e. The Balaban J connectivity index is 2.25. The van der Waals surface area contributed by atoms with Crippen molar-refractivity contribution >= 4 is 11.6 Å². The zero-order valence-electron chi connectivity index (χ0n) is 13.5. The third-order valence-electron chi connectivity index (χ3n) is 3.45. The van der Waals surface area contributed by atoms with E-state index in [1.54, 1.807) is 7.11 Å². The Morgan fingerprint density at radius 3 is 2.23 bits per heavy atom. The van der Waals surface area contributed by atoms with Crippen LogP contribution in [-0.2, 0) is 11.3 Å². The van der Waals surface area contributed by atoms with Crippen molar-refractivity contribution in [2.75, 3.05) is 12.0 Å². The number of hydrogen-bond acceptors (Lipinski definition) is 2. The molecule has 3 heteroatoms. The van der Waals surface area contributed by atoms with Crippen LogP contribution in [0.5, 0.6) is 5.75 Å². The van der Waals surface area contributed by atoms with Gasteiger partial charge in [-0.1, -0.05) is 44.2 Å². The van der Waals surface area contributed by atoms with Gasteiger partial charge in [0.1, 0.15) is 5.75 Å². The molecule has 0 aromatic heterocycles. The Hall–Kier alpha value is -2.29. The molecule has 2 aromatic rings. The van der Waals surface area contributed by atoms with Crippen molar-refractivity contribution in [1.29, 1.82) is 0 Å². The Morgan fingerprint density at radius 2 is 1.68 bits per heavy atom. The van der Waals surface area contributed by atoms with Gasteiger partial charge in [0.15, 0.2) is 0 Å². The van der Waals surface area contributed by atoms with Gasteiger partial charge in [-0.3, -0.25) is 4.79 Å². The summed E-state index contributed by atoms with van der Waals surface area (Å²) in [5.74, 6) is 1.27. The normalized spacial score (nSPS) is 10.5. The van der Waals surface area contributed by atoms with E-state index in [2.05, 4.69) is 13.8 Å². The van der Waals surface area contributed by atoms with E-state index >= 15 is 0 Å². The Kier molecular flexibility index (Phi) is 5.59. The molecule has 0 saturated heterocycles. The molecule has 0 saturated carbocycles. The molecule has 116 valence electrons. The van der Waals surface area contributed by atoms with Crippen molar-refractivity contribution in [3.05, 3.63) is 60.2 Å². The zero-order valence-corrected chi connectivity index (χ0v) is 13.5. The number of anilines is 1. The fraction of sp³-hybridized carbons (Fsp3) is 0.316. The number of carbonyl (C=O) groups excluding carboxylic acids is 1. The van der Waals surface area contributed by atoms with Crippen LogP contribution in [0.4, 0.5) is 5.69 Å². The summed E-state index contributed by atoms with van der Waals surface area (Å²) in [6.07, 6.45) is 0.541. The Labute approximate surface area is 132 Å². The van der Waals surface area contributed by atoms with E-state index in [0.29, 0.717) is 18.9 Å². The zero-order chi connectivity index (χ0) is 15.9. The molecule has 0 atom stereocenters. The SMILES string of the molecule is COc1ccc(N(Cc2ccccc2)C(=O)CC(C)C)cc1. The average Bonchev–Trinajstić information content (AvgIpc) is 2.53. The molecule has 0 unspecified atom stereocenters. The van der Waals surface area contributed by atoms with Crippen molar-refractivity contribution in [3.63, 3.8) is 0 Å². The van der Waals surface area contributed by atoms with Crippen molar-refractivity contribution in [2.24, 2.45) is 5.92 Å². The number of benzene rings is 2. The van der Waals surface area contributed by atoms with Crippen LogP contribution in [0.1, 0.15) is 25.8 Å². The van der Waals surface area contributed by atoms with Crippen molar-refractivity contribution in [2.45, 2.75) is 26.8 Å². The van der Waals surface area contributed by atoms with Crippen molar-refractivity contribution < 1.29 is 9.53 Å². The lowest BCUT2D eigenvalue weighted by Gasteiger charge is -2.24. The first-order valence-corrected chi connectivity index (χ1v) is 7.58. The molecule has 22 heavy (non-hydrogen) atoms. The molecule has 0 N–H and O–H groups in total. The summed E-state index contributed by atoms with van der Waals surface area (Å²) in [6, 6.07) is 17.7. The van der Waals surface area contributed by atoms with E-state index in [1.165, 1.54) is 0 Å². The molecule has 0 aliphatic rings. The number of ether oxygens (including phenoxy) is 1. The van der Waals surface area contributed by atoms with Gasteiger partial charge in [-0.2, -0.15) is 0 Å². The number of amides is 1. The molecule has 3 nitrogen and oxygen atoms in total. The number of nitrogens with zero attached hydrogens (tertiary/aromatic N) is 1. The fourth-order valence-electron chi connectivity index (χ4n) is 2.31. The standard InChI is InChI=1S/C19H23NO2/c1-15(2)13-19(21)20(14-16-7-5-4-6-8-16)17-9-11-18(22-3)12-10-17/h4-12,15H,13-14H2,1-3H3. The van der Waals surface area contributed by atoms with Crippen LogP contribution in [0.25, 0.3) is 0 Å². The quantitative estimate of drug-likeness (QED) is 0.796. The second-order valence-electron chi connectivity index (χ2n) is 5.76. The minimum atomic E-state index is 0.143. The van der Waals surface area contributed by atoms with Crippen LogP contribution < -0.4 is 9.64 Å². The van der Waals surface area contributed by atoms with E-state index < -0.39 is 0 Å². The minimum Gasteiger partial charge on any atom is -0.497 e. The van der Waals surface area contributed by atoms with Gasteiger partial charge >= 0.3 is 0 Å². The predicted octanol–water partition coefficient (Wildman–Crippen LogP) is 4.27. The van der Waals surface area contributed by atoms with Gasteiger partial charge in [0.25, 0.3) is 0 Å². The second-order valence-corrected chi connectivity index (χ2v) is 5.76. The van der Waals surface area contributed by atoms with Crippen LogP contribution in [0.3, 0.4) is 0 Å². The van der Waals surface area contributed by atoms with Crippen LogP contribution in [0.15, 0.2) is 54.6 Å². The topological polar surface area (TPSA) is 29.5 Å². The van der Waals surface area contributed by atoms with Crippen LogP contribution in [0, 0.1) is 5.92 Å². The van der Waals surface area contributed by atoms with E-state index in [9.17, 15) is 4.79 Å². The highest BCUT2D eigenvalue weighted by atomic mass is 16.5. The molecule has 0 spiro atoms. The molecule has 0 heterocycles. The minimum absolute atomic E-state index is 0.143. The summed E-state index contributed by atoms with van der Waals surface area (Å²) >= 11 is 0. The van der Waals surface area contributed by atoms with Crippen LogP contribution in [0.2, 0.25) is 0 Å². The predicted molar refractivity (Wildman–Crippen MR) is 90.1 cm³/mol. The van der Waals surface area contributed by atoms with E-state index in [1.807, 2.05) is 59.5 Å². The van der Waals surface area contributed by atoms with Gasteiger partial charge in [0, 0.05) is 12.1 Å². The third-order valence-corrected chi connectivity index (χ3v) is 3.45. The summed E-state index contributed by atoms with van der Waals surface area (Å²) in [4.78, 5) is 14.4. The monoisotopic (exact) mass is 297 g/mol. The largest absolute Gasteiger partial charge is 0.497 e. The molecule has 0 fully saturated rings. The summed E-state index contributed by atoms with van der Waals surface area (Å²) in [6.45, 7) is 4.71. The molecule has 0 radical (unpaired) electrons. The van der Waals surface area contributed by atoms with Gasteiger partial charge in [-0.05, 0) is 35.7 Å². The van der Waals surface area contributed by atoms with Gasteiger partial charge in [-0.15, -0.1) is 0 Å². The maximum atomic E-state index is 12.6. The highest BCUT2D eigenvalue weighted by molar-refractivity contribution is 5.93. The fourth-order valence-corrected chi connectivity index (χ4v) is 2.31. The summed E-state index contributed by atoms with van der Waals surface area (Å²) < 4.78 is 5.19. The van der Waals surface area contributed by atoms with Gasteiger partial charge < -0.3 is 9.64 Å². The number of carbonyl (C=O) groups is 1. The lowest BCUT2D eigenvalue weighted by molar-refractivity contribution is -0.119. The van der Waals surface area contributed by atoms with Crippen molar-refractivity contribution in [3.8, 4) is 5.75 Å². The maximum absolute atomic E-state index is 12.6. The molecular formula is C19H23NO2. The molecule has 2 rings (SSSR count).